The highest BCUT2D eigenvalue weighted by Gasteiger charge is 2.52. The van der Waals surface area contributed by atoms with E-state index in [1.807, 2.05) is 24.3 Å². The Bertz CT molecular complexity index is 1800. The van der Waals surface area contributed by atoms with Gasteiger partial charge in [-0.05, 0) is 88.1 Å². The predicted octanol–water partition coefficient (Wildman–Crippen LogP) is 6.23. The van der Waals surface area contributed by atoms with Crippen molar-refractivity contribution in [2.45, 2.75) is 82.4 Å². The number of nitrogens with one attached hydrogen (secondary N) is 3. The minimum Gasteiger partial charge on any atom is -0.376 e. The van der Waals surface area contributed by atoms with E-state index in [4.69, 9.17) is 28.9 Å². The summed E-state index contributed by atoms with van der Waals surface area (Å²) in [6, 6.07) is 12.1. The Morgan fingerprint density at radius 1 is 1.12 bits per heavy atom. The summed E-state index contributed by atoms with van der Waals surface area (Å²) in [6.45, 7) is 4.50. The number of nitrogens with two attached hydrogens (primary N) is 1. The van der Waals surface area contributed by atoms with E-state index < -0.39 is 26.7 Å². The number of likely N-dealkylation sites (tertiary alicyclic amines) is 1. The molecule has 1 aromatic heterocycles. The summed E-state index contributed by atoms with van der Waals surface area (Å²) in [5.41, 5.74) is 6.87. The number of para-hydroxylation sites is 1. The molecule has 50 heavy (non-hydrogen) atoms. The Morgan fingerprint density at radius 2 is 1.82 bits per heavy atom. The topological polar surface area (TPSA) is 172 Å². The Morgan fingerprint density at radius 3 is 2.46 bits per heavy atom. The van der Waals surface area contributed by atoms with E-state index in [2.05, 4.69) is 34.1 Å². The first kappa shape index (κ1) is 39.4. The molecule has 3 fully saturated rings. The van der Waals surface area contributed by atoms with Crippen molar-refractivity contribution < 1.29 is 22.8 Å². The van der Waals surface area contributed by atoms with Gasteiger partial charge >= 0.3 is 4.87 Å². The summed E-state index contributed by atoms with van der Waals surface area (Å²) in [4.78, 5) is 50.3. The smallest absolute Gasteiger partial charge is 0.305 e. The number of benzene rings is 2. The molecule has 3 aliphatic rings. The number of anilines is 1. The Balaban J connectivity index is 0.000000178. The van der Waals surface area contributed by atoms with Crippen LogP contribution in [0, 0.1) is 11.8 Å². The van der Waals surface area contributed by atoms with Gasteiger partial charge in [-0.25, -0.2) is 8.42 Å². The molecular weight excluding hydrogens is 721 g/mol. The molecular formula is C35H45Cl2N5O6S2. The minimum atomic E-state index is -3.47. The van der Waals surface area contributed by atoms with E-state index in [0.717, 1.165) is 29.5 Å². The van der Waals surface area contributed by atoms with E-state index in [9.17, 15) is 27.6 Å². The van der Waals surface area contributed by atoms with Crippen LogP contribution < -0.4 is 20.6 Å². The number of thiazole rings is 1. The molecule has 3 amide bonds. The third-order valence-corrected chi connectivity index (χ3v) is 12.4. The number of amides is 3. The monoisotopic (exact) mass is 765 g/mol. The number of halogens is 2. The second-order valence-corrected chi connectivity index (χ2v) is 17.1. The number of allylic oxidation sites excluding steroid dienone is 2. The Kier molecular flexibility index (Phi) is 13.9. The number of nitrogens with zero attached hydrogens (tertiary/aromatic N) is 1. The molecule has 3 aromatic rings. The summed E-state index contributed by atoms with van der Waals surface area (Å²) in [6.07, 6.45) is 12.4. The molecule has 11 nitrogen and oxygen atoms in total. The van der Waals surface area contributed by atoms with Crippen molar-refractivity contribution in [2.75, 3.05) is 18.4 Å². The summed E-state index contributed by atoms with van der Waals surface area (Å²) >= 11 is 13.0. The van der Waals surface area contributed by atoms with Crippen LogP contribution in [-0.4, -0.2) is 59.9 Å². The predicted molar refractivity (Wildman–Crippen MR) is 201 cm³/mol. The highest BCUT2D eigenvalue weighted by atomic mass is 35.5. The van der Waals surface area contributed by atoms with Gasteiger partial charge in [-0.2, -0.15) is 0 Å². The standard InChI is InChI=1S/C15H25NO3S.C13H15Cl2N3O2.C7H5NOS/c1-3-4-5-6-7-8-12-11-13(12)14(17)16-20(18,19)15(2)9-10-15;14-8-4-9(15)6-10(5-8)17-7-12(19)18-3-1-2-11(18)13(16)20;9-7-8-5-3-1-2-4-6(5)10-7/h7-8,12-13H,3-6,9-11H2,1-2H3,(H,16,17);4-6,11,17H,1-3,7H2,(H2,16,20);1-4H,(H,8,9)/b8-7-;;/t12?,13-;;/m0../s1. The van der Waals surface area contributed by atoms with Gasteiger partial charge in [0.25, 0.3) is 0 Å². The van der Waals surface area contributed by atoms with E-state index in [-0.39, 0.29) is 35.1 Å². The lowest BCUT2D eigenvalue weighted by atomic mass is 10.2. The third kappa shape index (κ3) is 11.3. The number of primary amides is 1. The van der Waals surface area contributed by atoms with Crippen molar-refractivity contribution >= 4 is 78.2 Å². The number of aromatic amines is 1. The molecule has 1 aliphatic heterocycles. The number of fused-ring (bicyclic) bond motifs is 1. The van der Waals surface area contributed by atoms with Gasteiger partial charge in [-0.15, -0.1) is 0 Å². The van der Waals surface area contributed by atoms with Crippen molar-refractivity contribution in [1.82, 2.24) is 14.6 Å². The fourth-order valence-electron chi connectivity index (χ4n) is 5.48. The molecule has 272 valence electrons. The summed E-state index contributed by atoms with van der Waals surface area (Å²) in [5.74, 6) is -0.848. The normalized spacial score (nSPS) is 20.3. The lowest BCUT2D eigenvalue weighted by Gasteiger charge is -2.22. The highest BCUT2D eigenvalue weighted by Crippen LogP contribution is 2.44. The largest absolute Gasteiger partial charge is 0.376 e. The lowest BCUT2D eigenvalue weighted by Crippen LogP contribution is -2.45. The first-order valence-electron chi connectivity index (χ1n) is 16.8. The van der Waals surface area contributed by atoms with Crippen LogP contribution in [0.5, 0.6) is 0 Å². The number of hydrogen-bond donors (Lipinski definition) is 4. The molecule has 2 aromatic carbocycles. The number of unbranched alkanes of at least 4 members (excludes halogenated alkanes) is 3. The molecule has 15 heteroatoms. The van der Waals surface area contributed by atoms with Crippen LogP contribution in [0.1, 0.15) is 71.6 Å². The van der Waals surface area contributed by atoms with Crippen LogP contribution >= 0.6 is 34.5 Å². The maximum atomic E-state index is 12.1. The molecule has 6 rings (SSSR count). The molecule has 0 radical (unpaired) electrons. The fraction of sp³-hybridized carbons (Fsp3) is 0.486. The second-order valence-electron chi connectivity index (χ2n) is 13.0. The molecule has 3 atom stereocenters. The SMILES string of the molecule is CCCCC/C=C\C1C[C@@H]1C(=O)NS(=O)(=O)C1(C)CC1.NC(=O)C1CCCN1C(=O)CNc1cc(Cl)cc(Cl)c1.O=c1[nH]c2ccccc2s1. The van der Waals surface area contributed by atoms with Gasteiger partial charge in [0, 0.05) is 28.2 Å². The van der Waals surface area contributed by atoms with Crippen LogP contribution in [-0.2, 0) is 24.4 Å². The quantitative estimate of drug-likeness (QED) is 0.125. The first-order valence-corrected chi connectivity index (χ1v) is 19.9. The number of H-pyrrole nitrogens is 1. The van der Waals surface area contributed by atoms with Gasteiger partial charge in [-0.3, -0.25) is 23.9 Å². The van der Waals surface area contributed by atoms with Gasteiger partial charge in [0.15, 0.2) is 0 Å². The van der Waals surface area contributed by atoms with E-state index in [1.165, 1.54) is 35.5 Å². The lowest BCUT2D eigenvalue weighted by molar-refractivity contribution is -0.135. The molecule has 2 unspecified atom stereocenters. The highest BCUT2D eigenvalue weighted by molar-refractivity contribution is 7.91. The van der Waals surface area contributed by atoms with Gasteiger partial charge in [0.05, 0.1) is 21.5 Å². The summed E-state index contributed by atoms with van der Waals surface area (Å²) in [5, 5.41) is 3.93. The van der Waals surface area contributed by atoms with Crippen molar-refractivity contribution in [3.63, 3.8) is 0 Å². The number of carbonyl (C=O) groups excluding carboxylic acids is 3. The zero-order valence-electron chi connectivity index (χ0n) is 28.3. The van der Waals surface area contributed by atoms with E-state index in [1.54, 1.807) is 25.1 Å². The van der Waals surface area contributed by atoms with Gasteiger partial charge in [0.2, 0.25) is 27.7 Å². The average molecular weight is 767 g/mol. The van der Waals surface area contributed by atoms with E-state index in [0.29, 0.717) is 41.5 Å². The molecule has 0 spiro atoms. The molecule has 5 N–H and O–H groups in total. The zero-order chi connectivity index (χ0) is 36.5. The van der Waals surface area contributed by atoms with Crippen molar-refractivity contribution in [3.8, 4) is 0 Å². The third-order valence-electron chi connectivity index (χ3n) is 8.91. The van der Waals surface area contributed by atoms with Crippen LogP contribution in [0.2, 0.25) is 10.0 Å². The fourth-order valence-corrected chi connectivity index (χ4v) is 8.04. The molecule has 0 bridgehead atoms. The molecule has 2 aliphatic carbocycles. The molecule has 2 heterocycles. The summed E-state index contributed by atoms with van der Waals surface area (Å²) < 4.78 is 26.5. The second kappa shape index (κ2) is 17.7. The van der Waals surface area contributed by atoms with Crippen molar-refractivity contribution in [3.05, 3.63) is 74.3 Å². The van der Waals surface area contributed by atoms with Crippen molar-refractivity contribution in [1.29, 1.82) is 0 Å². The maximum Gasteiger partial charge on any atom is 0.305 e. The average Bonchev–Trinajstić information content (AvgIpc) is 3.90. The Labute approximate surface area is 307 Å². The van der Waals surface area contributed by atoms with Crippen molar-refractivity contribution in [2.24, 2.45) is 17.6 Å². The number of rotatable bonds is 12. The van der Waals surface area contributed by atoms with Gasteiger partial charge in [0.1, 0.15) is 6.04 Å². The van der Waals surface area contributed by atoms with Crippen LogP contribution in [0.4, 0.5) is 5.69 Å². The van der Waals surface area contributed by atoms with Gasteiger partial charge < -0.3 is 20.9 Å². The van der Waals surface area contributed by atoms with Crippen LogP contribution in [0.15, 0.2) is 59.4 Å². The number of hydrogen-bond acceptors (Lipinski definition) is 8. The molecule has 2 saturated carbocycles. The van der Waals surface area contributed by atoms with Crippen LogP contribution in [0.3, 0.4) is 0 Å². The number of aromatic nitrogens is 1. The van der Waals surface area contributed by atoms with Crippen LogP contribution in [0.25, 0.3) is 10.2 Å². The first-order chi connectivity index (χ1) is 23.7. The maximum absolute atomic E-state index is 12.1. The zero-order valence-corrected chi connectivity index (χ0v) is 31.4. The number of carbonyl (C=O) groups is 3. The number of sulfonamides is 1. The molecule has 1 saturated heterocycles. The Hall–Kier alpha value is -3.39. The van der Waals surface area contributed by atoms with E-state index >= 15 is 0 Å². The van der Waals surface area contributed by atoms with Gasteiger partial charge in [-0.1, -0.05) is 78.6 Å². The summed E-state index contributed by atoms with van der Waals surface area (Å²) in [7, 11) is -3.47. The minimum absolute atomic E-state index is 0.0150.